The molecule has 0 spiro atoms. The number of aromatic nitrogens is 2. The summed E-state index contributed by atoms with van der Waals surface area (Å²) >= 11 is 11.5. The maximum Gasteiger partial charge on any atom is 0.238 e. The van der Waals surface area contributed by atoms with Crippen molar-refractivity contribution in [2.45, 2.75) is 25.2 Å². The number of benzene rings is 1. The van der Waals surface area contributed by atoms with Gasteiger partial charge in [0.2, 0.25) is 5.88 Å². The fraction of sp³-hybridized carbons (Fsp3) is 0.333. The number of rotatable bonds is 5. The van der Waals surface area contributed by atoms with E-state index >= 15 is 0 Å². The monoisotopic (exact) mass is 308 g/mol. The summed E-state index contributed by atoms with van der Waals surface area (Å²) in [6.07, 6.45) is 3.24. The smallest absolute Gasteiger partial charge is 0.238 e. The fourth-order valence-electron chi connectivity index (χ4n) is 2.56. The molecular formula is C15H14Cl2N2O. The van der Waals surface area contributed by atoms with Crippen LogP contribution >= 0.6 is 23.2 Å². The molecule has 1 aliphatic rings. The van der Waals surface area contributed by atoms with Crippen LogP contribution in [0, 0.1) is 0 Å². The molecule has 0 saturated heterocycles. The highest BCUT2D eigenvalue weighted by molar-refractivity contribution is 6.29. The summed E-state index contributed by atoms with van der Waals surface area (Å²) in [7, 11) is 0. The van der Waals surface area contributed by atoms with E-state index in [0.29, 0.717) is 17.0 Å². The van der Waals surface area contributed by atoms with E-state index in [1.165, 1.54) is 11.1 Å². The third-order valence-electron chi connectivity index (χ3n) is 3.57. The number of halogens is 2. The summed E-state index contributed by atoms with van der Waals surface area (Å²) in [5, 5.41) is 8.05. The predicted octanol–water partition coefficient (Wildman–Crippen LogP) is 4.58. The second-order valence-electron chi connectivity index (χ2n) is 4.85. The molecule has 1 unspecified atom stereocenters. The van der Waals surface area contributed by atoms with Crippen molar-refractivity contribution in [1.29, 1.82) is 0 Å². The molecule has 2 aromatic rings. The standard InChI is InChI=1S/C15H14Cl2N2O/c16-8-2-3-10-9-12-11(10)4-1-5-13(12)20-15-7-6-14(17)18-19-15/h1,4-7,10H,2-3,8-9H2. The molecule has 1 aromatic carbocycles. The third-order valence-corrected chi connectivity index (χ3v) is 4.04. The summed E-state index contributed by atoms with van der Waals surface area (Å²) in [6.45, 7) is 0. The van der Waals surface area contributed by atoms with Crippen molar-refractivity contribution in [1.82, 2.24) is 10.2 Å². The first kappa shape index (κ1) is 13.7. The van der Waals surface area contributed by atoms with E-state index in [0.717, 1.165) is 30.9 Å². The Morgan fingerprint density at radius 1 is 1.20 bits per heavy atom. The zero-order valence-electron chi connectivity index (χ0n) is 10.9. The highest BCUT2D eigenvalue weighted by Crippen LogP contribution is 2.44. The van der Waals surface area contributed by atoms with Crippen molar-refractivity contribution in [3.05, 3.63) is 46.6 Å². The van der Waals surface area contributed by atoms with Crippen LogP contribution in [0.3, 0.4) is 0 Å². The first-order chi connectivity index (χ1) is 9.78. The lowest BCUT2D eigenvalue weighted by molar-refractivity contribution is 0.432. The van der Waals surface area contributed by atoms with Crippen molar-refractivity contribution in [2.75, 3.05) is 5.88 Å². The van der Waals surface area contributed by atoms with Crippen LogP contribution in [0.1, 0.15) is 29.9 Å². The van der Waals surface area contributed by atoms with Crippen molar-refractivity contribution < 1.29 is 4.74 Å². The molecule has 0 fully saturated rings. The molecule has 0 bridgehead atoms. The van der Waals surface area contributed by atoms with Crippen LogP contribution in [0.5, 0.6) is 11.6 Å². The Balaban J connectivity index is 1.76. The summed E-state index contributed by atoms with van der Waals surface area (Å²) < 4.78 is 5.79. The number of hydrogen-bond acceptors (Lipinski definition) is 3. The normalized spacial score (nSPS) is 16.4. The van der Waals surface area contributed by atoms with Gasteiger partial charge in [0.15, 0.2) is 5.15 Å². The van der Waals surface area contributed by atoms with Crippen LogP contribution in [-0.4, -0.2) is 16.1 Å². The van der Waals surface area contributed by atoms with Gasteiger partial charge in [0.25, 0.3) is 0 Å². The minimum atomic E-state index is 0.361. The van der Waals surface area contributed by atoms with Gasteiger partial charge in [0.05, 0.1) is 0 Å². The lowest BCUT2D eigenvalue weighted by atomic mass is 9.75. The Labute approximate surface area is 127 Å². The van der Waals surface area contributed by atoms with Crippen LogP contribution in [0.25, 0.3) is 0 Å². The van der Waals surface area contributed by atoms with E-state index in [2.05, 4.69) is 16.3 Å². The fourth-order valence-corrected chi connectivity index (χ4v) is 2.81. The molecule has 0 aliphatic heterocycles. The van der Waals surface area contributed by atoms with Crippen molar-refractivity contribution >= 4 is 23.2 Å². The van der Waals surface area contributed by atoms with Gasteiger partial charge in [0.1, 0.15) is 5.75 Å². The molecule has 1 atom stereocenters. The summed E-state index contributed by atoms with van der Waals surface area (Å²) in [6, 6.07) is 9.54. The van der Waals surface area contributed by atoms with Crippen LogP contribution in [0.15, 0.2) is 30.3 Å². The molecule has 5 heteroatoms. The van der Waals surface area contributed by atoms with E-state index < -0.39 is 0 Å². The third kappa shape index (κ3) is 2.74. The Hall–Kier alpha value is -1.32. The van der Waals surface area contributed by atoms with Gasteiger partial charge in [0, 0.05) is 11.9 Å². The molecule has 1 heterocycles. The molecule has 0 saturated carbocycles. The molecule has 1 aliphatic carbocycles. The average molecular weight is 309 g/mol. The van der Waals surface area contributed by atoms with Crippen molar-refractivity contribution in [2.24, 2.45) is 0 Å². The molecule has 0 N–H and O–H groups in total. The lowest BCUT2D eigenvalue weighted by Gasteiger charge is -2.31. The Bertz CT molecular complexity index is 601. The first-order valence-electron chi connectivity index (χ1n) is 6.63. The van der Waals surface area contributed by atoms with E-state index in [9.17, 15) is 0 Å². The summed E-state index contributed by atoms with van der Waals surface area (Å²) in [5.74, 6) is 2.67. The van der Waals surface area contributed by atoms with Crippen LogP contribution in [0.4, 0.5) is 0 Å². The van der Waals surface area contributed by atoms with Gasteiger partial charge in [-0.05, 0) is 48.4 Å². The lowest BCUT2D eigenvalue weighted by Crippen LogP contribution is -2.18. The highest BCUT2D eigenvalue weighted by Gasteiger charge is 2.28. The number of ether oxygens (including phenoxy) is 1. The maximum absolute atomic E-state index is 5.79. The van der Waals surface area contributed by atoms with Gasteiger partial charge >= 0.3 is 0 Å². The molecule has 3 rings (SSSR count). The van der Waals surface area contributed by atoms with Crippen LogP contribution in [0.2, 0.25) is 5.15 Å². The van der Waals surface area contributed by atoms with Gasteiger partial charge < -0.3 is 4.74 Å². The summed E-state index contributed by atoms with van der Waals surface area (Å²) in [5.41, 5.74) is 2.64. The van der Waals surface area contributed by atoms with Gasteiger partial charge in [-0.1, -0.05) is 23.7 Å². The van der Waals surface area contributed by atoms with Gasteiger partial charge in [-0.3, -0.25) is 0 Å². The maximum atomic E-state index is 5.79. The molecule has 104 valence electrons. The van der Waals surface area contributed by atoms with E-state index in [4.69, 9.17) is 27.9 Å². The number of fused-ring (bicyclic) bond motifs is 1. The quantitative estimate of drug-likeness (QED) is 0.758. The van der Waals surface area contributed by atoms with E-state index in [-0.39, 0.29) is 0 Å². The average Bonchev–Trinajstić information content (AvgIpc) is 2.43. The van der Waals surface area contributed by atoms with Crippen molar-refractivity contribution in [3.8, 4) is 11.6 Å². The minimum absolute atomic E-state index is 0.361. The Morgan fingerprint density at radius 3 is 2.85 bits per heavy atom. The number of alkyl halides is 1. The van der Waals surface area contributed by atoms with Gasteiger partial charge in [-0.25, -0.2) is 0 Å². The highest BCUT2D eigenvalue weighted by atomic mass is 35.5. The molecule has 0 amide bonds. The second-order valence-corrected chi connectivity index (χ2v) is 5.62. The van der Waals surface area contributed by atoms with Crippen molar-refractivity contribution in [3.63, 3.8) is 0 Å². The minimum Gasteiger partial charge on any atom is -0.437 e. The molecule has 3 nitrogen and oxygen atoms in total. The van der Waals surface area contributed by atoms with E-state index in [1.54, 1.807) is 12.1 Å². The summed E-state index contributed by atoms with van der Waals surface area (Å²) in [4.78, 5) is 0. The SMILES string of the molecule is ClCCCC1Cc2c(Oc3ccc(Cl)nn3)cccc21. The van der Waals surface area contributed by atoms with Crippen LogP contribution in [-0.2, 0) is 6.42 Å². The Kier molecular flexibility index (Phi) is 4.08. The largest absolute Gasteiger partial charge is 0.437 e. The number of hydrogen-bond donors (Lipinski definition) is 0. The molecule has 1 aromatic heterocycles. The van der Waals surface area contributed by atoms with Crippen LogP contribution < -0.4 is 4.74 Å². The zero-order valence-corrected chi connectivity index (χ0v) is 12.4. The first-order valence-corrected chi connectivity index (χ1v) is 7.54. The molecule has 20 heavy (non-hydrogen) atoms. The number of nitrogens with zero attached hydrogens (tertiary/aromatic N) is 2. The second kappa shape index (κ2) is 5.98. The topological polar surface area (TPSA) is 35.0 Å². The van der Waals surface area contributed by atoms with Gasteiger partial charge in [-0.2, -0.15) is 0 Å². The Morgan fingerprint density at radius 2 is 2.10 bits per heavy atom. The molecular weight excluding hydrogens is 295 g/mol. The molecule has 0 radical (unpaired) electrons. The van der Waals surface area contributed by atoms with Gasteiger partial charge in [-0.15, -0.1) is 21.8 Å². The zero-order chi connectivity index (χ0) is 13.9. The van der Waals surface area contributed by atoms with E-state index in [1.807, 2.05) is 12.1 Å². The predicted molar refractivity (Wildman–Crippen MR) is 80.0 cm³/mol.